The van der Waals surface area contributed by atoms with E-state index in [0.29, 0.717) is 4.60 Å². The number of nitrogens with zero attached hydrogens (tertiary/aromatic N) is 2. The van der Waals surface area contributed by atoms with E-state index in [-0.39, 0.29) is 5.69 Å². The average molecular weight is 241 g/mol. The molecule has 0 aliphatic rings. The molecule has 66 valence electrons. The third-order valence-corrected chi connectivity index (χ3v) is 1.85. The van der Waals surface area contributed by atoms with E-state index in [1.807, 2.05) is 0 Å². The van der Waals surface area contributed by atoms with E-state index in [9.17, 15) is 4.79 Å². The van der Waals surface area contributed by atoms with Gasteiger partial charge < -0.3 is 5.11 Å². The third-order valence-electron chi connectivity index (χ3n) is 1.41. The second-order valence-corrected chi connectivity index (χ2v) is 3.10. The molecule has 0 bridgehead atoms. The Balaban J connectivity index is 3.07. The van der Waals surface area contributed by atoms with E-state index in [4.69, 9.17) is 10.4 Å². The molecule has 5 heteroatoms. The second-order valence-electron chi connectivity index (χ2n) is 2.29. The molecule has 1 rings (SSSR count). The third kappa shape index (κ3) is 2.26. The molecule has 0 aliphatic heterocycles. The van der Waals surface area contributed by atoms with Crippen LogP contribution in [-0.4, -0.2) is 16.1 Å². The Morgan fingerprint density at radius 2 is 2.38 bits per heavy atom. The summed E-state index contributed by atoms with van der Waals surface area (Å²) in [5, 5.41) is 17.2. The molecule has 1 aromatic heterocycles. The maximum absolute atomic E-state index is 10.6. The highest BCUT2D eigenvalue weighted by molar-refractivity contribution is 9.10. The predicted molar refractivity (Wildman–Crippen MR) is 47.9 cm³/mol. The Labute approximate surface area is 83.0 Å². The van der Waals surface area contributed by atoms with Gasteiger partial charge in [-0.1, -0.05) is 6.07 Å². The van der Waals surface area contributed by atoms with Gasteiger partial charge in [0.15, 0.2) is 5.92 Å². The minimum Gasteiger partial charge on any atom is -0.480 e. The van der Waals surface area contributed by atoms with Gasteiger partial charge in [-0.2, -0.15) is 5.26 Å². The van der Waals surface area contributed by atoms with Gasteiger partial charge in [-0.25, -0.2) is 4.98 Å². The summed E-state index contributed by atoms with van der Waals surface area (Å²) in [4.78, 5) is 14.4. The first kappa shape index (κ1) is 9.68. The van der Waals surface area contributed by atoms with Crippen LogP contribution in [0.25, 0.3) is 0 Å². The number of rotatable bonds is 2. The number of aliphatic carboxylic acids is 1. The number of carboxylic acid groups (broad SMARTS) is 1. The zero-order valence-electron chi connectivity index (χ0n) is 6.44. The quantitative estimate of drug-likeness (QED) is 0.797. The molecule has 1 heterocycles. The van der Waals surface area contributed by atoms with Gasteiger partial charge >= 0.3 is 5.97 Å². The molecule has 0 aliphatic carbocycles. The van der Waals surface area contributed by atoms with Crippen molar-refractivity contribution < 1.29 is 9.90 Å². The summed E-state index contributed by atoms with van der Waals surface area (Å²) >= 11 is 3.10. The Kier molecular flexibility index (Phi) is 2.98. The number of carbonyl (C=O) groups is 1. The zero-order valence-corrected chi connectivity index (χ0v) is 8.02. The van der Waals surface area contributed by atoms with Gasteiger partial charge in [-0.05, 0) is 28.1 Å². The monoisotopic (exact) mass is 240 g/mol. The van der Waals surface area contributed by atoms with Gasteiger partial charge in [-0.15, -0.1) is 0 Å². The topological polar surface area (TPSA) is 74.0 Å². The van der Waals surface area contributed by atoms with Crippen LogP contribution in [0.3, 0.4) is 0 Å². The highest BCUT2D eigenvalue weighted by atomic mass is 79.9. The largest absolute Gasteiger partial charge is 0.480 e. The van der Waals surface area contributed by atoms with Gasteiger partial charge in [-0.3, -0.25) is 4.79 Å². The Bertz CT molecular complexity index is 373. The summed E-state index contributed by atoms with van der Waals surface area (Å²) in [7, 11) is 0. The number of carboxylic acids is 1. The molecule has 0 fully saturated rings. The van der Waals surface area contributed by atoms with Crippen molar-refractivity contribution in [2.75, 3.05) is 0 Å². The Hall–Kier alpha value is -1.41. The minimum absolute atomic E-state index is 0.240. The van der Waals surface area contributed by atoms with Crippen LogP contribution in [0.15, 0.2) is 22.8 Å². The van der Waals surface area contributed by atoms with Crippen molar-refractivity contribution in [1.82, 2.24) is 4.98 Å². The lowest BCUT2D eigenvalue weighted by Gasteiger charge is -2.02. The SMILES string of the molecule is N#CC(C(=O)O)c1cccc(Br)n1. The molecule has 4 nitrogen and oxygen atoms in total. The van der Waals surface area contributed by atoms with Gasteiger partial charge in [0.05, 0.1) is 11.8 Å². The molecule has 1 atom stereocenters. The lowest BCUT2D eigenvalue weighted by Crippen LogP contribution is -2.10. The van der Waals surface area contributed by atoms with E-state index in [1.165, 1.54) is 6.07 Å². The fourth-order valence-corrected chi connectivity index (χ4v) is 1.19. The molecule has 1 unspecified atom stereocenters. The van der Waals surface area contributed by atoms with Crippen LogP contribution < -0.4 is 0 Å². The second kappa shape index (κ2) is 4.01. The lowest BCUT2D eigenvalue weighted by molar-refractivity contribution is -0.137. The first-order valence-corrected chi connectivity index (χ1v) is 4.19. The van der Waals surface area contributed by atoms with E-state index in [0.717, 1.165) is 0 Å². The number of aromatic nitrogens is 1. The van der Waals surface area contributed by atoms with Crippen LogP contribution in [0.1, 0.15) is 11.6 Å². The van der Waals surface area contributed by atoms with E-state index in [2.05, 4.69) is 20.9 Å². The summed E-state index contributed by atoms with van der Waals surface area (Å²) in [5.41, 5.74) is 0.240. The highest BCUT2D eigenvalue weighted by Gasteiger charge is 2.20. The number of halogens is 1. The van der Waals surface area contributed by atoms with Gasteiger partial charge in [0.25, 0.3) is 0 Å². The summed E-state index contributed by atoms with van der Waals surface area (Å²) in [5.74, 6) is -2.38. The van der Waals surface area contributed by atoms with Crippen LogP contribution in [0.4, 0.5) is 0 Å². The highest BCUT2D eigenvalue weighted by Crippen LogP contribution is 2.15. The molecule has 0 saturated carbocycles. The van der Waals surface area contributed by atoms with Crippen LogP contribution in [0, 0.1) is 11.3 Å². The molecule has 1 aromatic rings. The van der Waals surface area contributed by atoms with Crippen molar-refractivity contribution in [2.24, 2.45) is 0 Å². The molecule has 0 amide bonds. The maximum atomic E-state index is 10.6. The summed E-state index contributed by atoms with van der Waals surface area (Å²) in [6, 6.07) is 6.47. The fourth-order valence-electron chi connectivity index (χ4n) is 0.833. The van der Waals surface area contributed by atoms with Crippen molar-refractivity contribution in [3.63, 3.8) is 0 Å². The van der Waals surface area contributed by atoms with Crippen molar-refractivity contribution in [3.05, 3.63) is 28.5 Å². The summed E-state index contributed by atoms with van der Waals surface area (Å²) < 4.78 is 0.520. The molecule has 0 radical (unpaired) electrons. The number of pyridine rings is 1. The van der Waals surface area contributed by atoms with Gasteiger partial charge in [0.2, 0.25) is 0 Å². The normalized spacial score (nSPS) is 11.7. The lowest BCUT2D eigenvalue weighted by atomic mass is 10.1. The fraction of sp³-hybridized carbons (Fsp3) is 0.125. The molecular formula is C8H5BrN2O2. The first-order valence-electron chi connectivity index (χ1n) is 3.40. The van der Waals surface area contributed by atoms with E-state index in [1.54, 1.807) is 18.2 Å². The van der Waals surface area contributed by atoms with E-state index >= 15 is 0 Å². The number of hydrogen-bond donors (Lipinski definition) is 1. The molecule has 0 aromatic carbocycles. The van der Waals surface area contributed by atoms with Gasteiger partial charge in [0.1, 0.15) is 4.60 Å². The molecular weight excluding hydrogens is 236 g/mol. The van der Waals surface area contributed by atoms with Crippen LogP contribution in [0.5, 0.6) is 0 Å². The smallest absolute Gasteiger partial charge is 0.327 e. The van der Waals surface area contributed by atoms with Crippen LogP contribution in [-0.2, 0) is 4.79 Å². The molecule has 1 N–H and O–H groups in total. The minimum atomic E-state index is -1.20. The summed E-state index contributed by atoms with van der Waals surface area (Å²) in [6.07, 6.45) is 0. The van der Waals surface area contributed by atoms with E-state index < -0.39 is 11.9 Å². The Morgan fingerprint density at radius 3 is 2.85 bits per heavy atom. The van der Waals surface area contributed by atoms with Crippen molar-refractivity contribution in [3.8, 4) is 6.07 Å². The van der Waals surface area contributed by atoms with Crippen molar-refractivity contribution >= 4 is 21.9 Å². The van der Waals surface area contributed by atoms with Gasteiger partial charge in [0, 0.05) is 0 Å². The molecule has 13 heavy (non-hydrogen) atoms. The maximum Gasteiger partial charge on any atom is 0.327 e. The van der Waals surface area contributed by atoms with Crippen LogP contribution in [0.2, 0.25) is 0 Å². The molecule has 0 saturated heterocycles. The number of nitriles is 1. The van der Waals surface area contributed by atoms with Crippen molar-refractivity contribution in [2.45, 2.75) is 5.92 Å². The zero-order chi connectivity index (χ0) is 9.84. The standard InChI is InChI=1S/C8H5BrN2O2/c9-7-3-1-2-6(11-7)5(4-10)8(12)13/h1-3,5H,(H,12,13). The Morgan fingerprint density at radius 1 is 1.69 bits per heavy atom. The first-order chi connectivity index (χ1) is 6.15. The average Bonchev–Trinajstić information content (AvgIpc) is 2.04. The summed E-state index contributed by atoms with van der Waals surface area (Å²) in [6.45, 7) is 0. The molecule has 0 spiro atoms. The van der Waals surface area contributed by atoms with Crippen molar-refractivity contribution in [1.29, 1.82) is 5.26 Å². The van der Waals surface area contributed by atoms with Crippen LogP contribution >= 0.6 is 15.9 Å². The number of hydrogen-bond acceptors (Lipinski definition) is 3. The predicted octanol–water partition coefficient (Wildman–Crippen LogP) is 1.54.